The van der Waals surface area contributed by atoms with Crippen molar-refractivity contribution in [3.63, 3.8) is 0 Å². The summed E-state index contributed by atoms with van der Waals surface area (Å²) in [5.41, 5.74) is 1.90. The molecule has 6 heavy (non-hydrogen) atoms. The maximum absolute atomic E-state index is 3.92. The SMILES string of the molecule is C1=NCCS1.[Ni]. The summed E-state index contributed by atoms with van der Waals surface area (Å²) in [6.07, 6.45) is 0. The molecule has 1 aliphatic heterocycles. The molecule has 0 bridgehead atoms. The zero-order valence-corrected chi connectivity index (χ0v) is 4.97. The molecule has 0 radical (unpaired) electrons. The van der Waals surface area contributed by atoms with E-state index < -0.39 is 0 Å². The zero-order chi connectivity index (χ0) is 3.54. The number of rotatable bonds is 0. The van der Waals surface area contributed by atoms with Gasteiger partial charge in [-0.1, -0.05) is 0 Å². The van der Waals surface area contributed by atoms with Gasteiger partial charge in [0.1, 0.15) is 0 Å². The van der Waals surface area contributed by atoms with Crippen molar-refractivity contribution in [1.29, 1.82) is 0 Å². The number of hydrogen-bond donors (Lipinski definition) is 0. The second kappa shape index (κ2) is 3.69. The molecule has 0 fully saturated rings. The average molecular weight is 146 g/mol. The summed E-state index contributed by atoms with van der Waals surface area (Å²) in [7, 11) is 0. The molecular formula is C3H5NNiS. The first-order valence-corrected chi connectivity index (χ1v) is 2.65. The molecule has 0 amide bonds. The van der Waals surface area contributed by atoms with Crippen molar-refractivity contribution >= 4 is 17.3 Å². The standard InChI is InChI=1S/C3H5NS.Ni/c1-2-5-3-4-1;/h3H,1-2H2;. The smallest absolute Gasteiger partial charge is 0.0542 e. The van der Waals surface area contributed by atoms with E-state index in [-0.39, 0.29) is 16.5 Å². The van der Waals surface area contributed by atoms with E-state index in [0.717, 1.165) is 6.54 Å². The van der Waals surface area contributed by atoms with Crippen LogP contribution in [0.2, 0.25) is 0 Å². The van der Waals surface area contributed by atoms with Crippen molar-refractivity contribution in [3.05, 3.63) is 0 Å². The molecule has 3 heteroatoms. The Bertz CT molecular complexity index is 48.8. The summed E-state index contributed by atoms with van der Waals surface area (Å²) in [6.45, 7) is 1.03. The molecule has 0 saturated carbocycles. The molecule has 1 aliphatic rings. The van der Waals surface area contributed by atoms with E-state index in [9.17, 15) is 0 Å². The van der Waals surface area contributed by atoms with E-state index in [0.29, 0.717) is 0 Å². The molecule has 38 valence electrons. The first kappa shape index (κ1) is 6.51. The Morgan fingerprint density at radius 1 is 1.67 bits per heavy atom. The molecule has 0 atom stereocenters. The van der Waals surface area contributed by atoms with Crippen LogP contribution in [0, 0.1) is 0 Å². The van der Waals surface area contributed by atoms with Crippen molar-refractivity contribution < 1.29 is 16.5 Å². The first-order valence-electron chi connectivity index (χ1n) is 1.60. The minimum absolute atomic E-state index is 0. The van der Waals surface area contributed by atoms with Crippen LogP contribution in [-0.2, 0) is 16.5 Å². The molecule has 0 unspecified atom stereocenters. The van der Waals surface area contributed by atoms with Gasteiger partial charge < -0.3 is 0 Å². The van der Waals surface area contributed by atoms with Crippen LogP contribution in [0.5, 0.6) is 0 Å². The molecule has 1 heterocycles. The van der Waals surface area contributed by atoms with Gasteiger partial charge in [0.05, 0.1) is 5.55 Å². The molecule has 0 aromatic rings. The van der Waals surface area contributed by atoms with Gasteiger partial charge >= 0.3 is 0 Å². The summed E-state index contributed by atoms with van der Waals surface area (Å²) in [6, 6.07) is 0. The quantitative estimate of drug-likeness (QED) is 0.459. The Kier molecular flexibility index (Phi) is 4.01. The summed E-state index contributed by atoms with van der Waals surface area (Å²) in [5.74, 6) is 1.19. The fourth-order valence-corrected chi connectivity index (χ4v) is 0.791. The second-order valence-corrected chi connectivity index (χ2v) is 1.83. The van der Waals surface area contributed by atoms with Crippen molar-refractivity contribution in [2.75, 3.05) is 12.3 Å². The molecular weight excluding hydrogens is 141 g/mol. The van der Waals surface area contributed by atoms with E-state index in [1.54, 1.807) is 11.8 Å². The zero-order valence-electron chi connectivity index (χ0n) is 3.16. The third kappa shape index (κ3) is 1.83. The minimum atomic E-state index is 0. The minimum Gasteiger partial charge on any atom is -0.285 e. The van der Waals surface area contributed by atoms with Gasteiger partial charge in [0.2, 0.25) is 0 Å². The normalized spacial score (nSPS) is 17.3. The fraction of sp³-hybridized carbons (Fsp3) is 0.667. The van der Waals surface area contributed by atoms with Gasteiger partial charge in [0, 0.05) is 28.8 Å². The summed E-state index contributed by atoms with van der Waals surface area (Å²) < 4.78 is 0. The van der Waals surface area contributed by atoms with Gasteiger partial charge in [-0.25, -0.2) is 0 Å². The van der Waals surface area contributed by atoms with E-state index in [1.165, 1.54) is 5.75 Å². The van der Waals surface area contributed by atoms with Crippen LogP contribution in [0.4, 0.5) is 0 Å². The van der Waals surface area contributed by atoms with E-state index in [4.69, 9.17) is 0 Å². The van der Waals surface area contributed by atoms with Gasteiger partial charge in [-0.05, 0) is 0 Å². The van der Waals surface area contributed by atoms with Gasteiger partial charge in [-0.2, -0.15) is 0 Å². The Balaban J connectivity index is 0.000000250. The van der Waals surface area contributed by atoms with E-state index in [2.05, 4.69) is 4.99 Å². The Morgan fingerprint density at radius 2 is 2.50 bits per heavy atom. The van der Waals surface area contributed by atoms with Gasteiger partial charge in [-0.3, -0.25) is 4.99 Å². The molecule has 0 aliphatic carbocycles. The summed E-state index contributed by atoms with van der Waals surface area (Å²) >= 11 is 1.78. The maximum Gasteiger partial charge on any atom is 0.0542 e. The van der Waals surface area contributed by atoms with E-state index in [1.807, 2.05) is 5.55 Å². The average Bonchev–Trinajstić information content (AvgIpc) is 1.76. The van der Waals surface area contributed by atoms with Gasteiger partial charge in [-0.15, -0.1) is 11.8 Å². The molecule has 0 saturated heterocycles. The first-order chi connectivity index (χ1) is 2.50. The molecule has 1 nitrogen and oxygen atoms in total. The van der Waals surface area contributed by atoms with Crippen LogP contribution in [0.25, 0.3) is 0 Å². The second-order valence-electron chi connectivity index (χ2n) is 0.882. The largest absolute Gasteiger partial charge is 0.285 e. The molecule has 0 aromatic carbocycles. The van der Waals surface area contributed by atoms with Crippen LogP contribution < -0.4 is 0 Å². The van der Waals surface area contributed by atoms with Gasteiger partial charge in [0.15, 0.2) is 0 Å². The monoisotopic (exact) mass is 145 g/mol. The third-order valence-electron chi connectivity index (χ3n) is 0.487. The fourth-order valence-electron chi connectivity index (χ4n) is 0.264. The molecule has 1 rings (SSSR count). The van der Waals surface area contributed by atoms with Crippen LogP contribution in [-0.4, -0.2) is 17.8 Å². The molecule has 0 N–H and O–H groups in total. The van der Waals surface area contributed by atoms with Crippen LogP contribution in [0.1, 0.15) is 0 Å². The Hall–Kier alpha value is 0.514. The summed E-state index contributed by atoms with van der Waals surface area (Å²) in [4.78, 5) is 3.92. The van der Waals surface area contributed by atoms with Crippen LogP contribution >= 0.6 is 11.8 Å². The Labute approximate surface area is 51.5 Å². The topological polar surface area (TPSA) is 12.4 Å². The van der Waals surface area contributed by atoms with Crippen molar-refractivity contribution in [2.24, 2.45) is 4.99 Å². The summed E-state index contributed by atoms with van der Waals surface area (Å²) in [5, 5.41) is 0. The number of nitrogens with zero attached hydrogens (tertiary/aromatic N) is 1. The molecule has 0 spiro atoms. The Morgan fingerprint density at radius 3 is 2.67 bits per heavy atom. The maximum atomic E-state index is 3.92. The van der Waals surface area contributed by atoms with Gasteiger partial charge in [0.25, 0.3) is 0 Å². The number of thioether (sulfide) groups is 1. The van der Waals surface area contributed by atoms with Crippen molar-refractivity contribution in [1.82, 2.24) is 0 Å². The predicted octanol–water partition coefficient (Wildman–Crippen LogP) is 0.759. The third-order valence-corrected chi connectivity index (χ3v) is 1.20. The van der Waals surface area contributed by atoms with Crippen molar-refractivity contribution in [3.8, 4) is 0 Å². The predicted molar refractivity (Wildman–Crippen MR) is 25.8 cm³/mol. The number of aliphatic imine (C=N–C) groups is 1. The van der Waals surface area contributed by atoms with Crippen molar-refractivity contribution in [2.45, 2.75) is 0 Å². The molecule has 0 aromatic heterocycles. The number of hydrogen-bond acceptors (Lipinski definition) is 2. The van der Waals surface area contributed by atoms with Crippen LogP contribution in [0.15, 0.2) is 4.99 Å². The van der Waals surface area contributed by atoms with Crippen LogP contribution in [0.3, 0.4) is 0 Å². The van der Waals surface area contributed by atoms with E-state index >= 15 is 0 Å².